The van der Waals surface area contributed by atoms with Crippen LogP contribution in [0.4, 0.5) is 5.82 Å². The number of aryl methyl sites for hydroxylation is 4. The smallest absolute Gasteiger partial charge is 0.150 e. The molecule has 1 aromatic carbocycles. The molecule has 1 N–H and O–H groups in total. The van der Waals surface area contributed by atoms with E-state index in [0.29, 0.717) is 5.92 Å². The molecule has 0 saturated carbocycles. The molecule has 1 fully saturated rings. The molecule has 0 amide bonds. The number of aliphatic hydroxyl groups is 1. The number of aliphatic hydroxyl groups excluding tert-OH is 1. The van der Waals surface area contributed by atoms with Crippen LogP contribution in [0.1, 0.15) is 42.3 Å². The zero-order valence-corrected chi connectivity index (χ0v) is 18.6. The molecule has 1 aliphatic heterocycles. The molecule has 154 valence electrons. The van der Waals surface area contributed by atoms with Gasteiger partial charge in [-0.15, -0.1) is 0 Å². The Morgan fingerprint density at radius 1 is 1.03 bits per heavy atom. The van der Waals surface area contributed by atoms with Crippen molar-refractivity contribution in [2.45, 2.75) is 53.6 Å². The molecule has 3 aromatic rings. The van der Waals surface area contributed by atoms with E-state index in [2.05, 4.69) is 36.4 Å². The fourth-order valence-corrected chi connectivity index (χ4v) is 4.99. The predicted octanol–water partition coefficient (Wildman–Crippen LogP) is 4.90. The number of hydrogen-bond donors (Lipinski definition) is 1. The van der Waals surface area contributed by atoms with Gasteiger partial charge in [0.25, 0.3) is 0 Å². The second kappa shape index (κ2) is 7.62. The molecular formula is C23H29ClN4O. The molecule has 3 heterocycles. The highest BCUT2D eigenvalue weighted by atomic mass is 35.5. The molecular weight excluding hydrogens is 384 g/mol. The summed E-state index contributed by atoms with van der Waals surface area (Å²) in [6.07, 6.45) is 3.88. The maximum Gasteiger partial charge on any atom is 0.150 e. The minimum absolute atomic E-state index is 0.247. The van der Waals surface area contributed by atoms with Crippen molar-refractivity contribution in [3.05, 3.63) is 45.9 Å². The molecule has 1 unspecified atom stereocenters. The van der Waals surface area contributed by atoms with Crippen LogP contribution in [0.2, 0.25) is 5.02 Å². The van der Waals surface area contributed by atoms with Gasteiger partial charge in [-0.3, -0.25) is 0 Å². The number of hydrogen-bond acceptors (Lipinski definition) is 4. The number of nitrogens with zero attached hydrogens (tertiary/aromatic N) is 4. The third-order valence-electron chi connectivity index (χ3n) is 6.15. The van der Waals surface area contributed by atoms with Gasteiger partial charge in [0.1, 0.15) is 11.6 Å². The summed E-state index contributed by atoms with van der Waals surface area (Å²) in [7, 11) is 0. The zero-order chi connectivity index (χ0) is 20.9. The SMILES string of the molecule is Cc1nc(N2CCC(C(C)O)CC2)c2c(C)cn(-c3c(C)cc(Cl)cc3C)c2n1. The van der Waals surface area contributed by atoms with Crippen molar-refractivity contribution >= 4 is 28.5 Å². The Morgan fingerprint density at radius 3 is 2.24 bits per heavy atom. The van der Waals surface area contributed by atoms with E-state index in [0.717, 1.165) is 70.4 Å². The second-order valence-corrected chi connectivity index (χ2v) is 8.86. The third kappa shape index (κ3) is 3.62. The van der Waals surface area contributed by atoms with Crippen LogP contribution in [0.3, 0.4) is 0 Å². The normalized spacial score (nSPS) is 16.6. The van der Waals surface area contributed by atoms with Crippen LogP contribution >= 0.6 is 11.6 Å². The lowest BCUT2D eigenvalue weighted by Crippen LogP contribution is -2.37. The van der Waals surface area contributed by atoms with E-state index in [4.69, 9.17) is 21.6 Å². The number of anilines is 1. The average molecular weight is 413 g/mol. The van der Waals surface area contributed by atoms with Gasteiger partial charge in [-0.25, -0.2) is 9.97 Å². The molecule has 1 saturated heterocycles. The fraction of sp³-hybridized carbons (Fsp3) is 0.478. The Kier molecular flexibility index (Phi) is 5.30. The van der Waals surface area contributed by atoms with Gasteiger partial charge in [-0.05, 0) is 82.2 Å². The maximum atomic E-state index is 9.94. The van der Waals surface area contributed by atoms with Crippen molar-refractivity contribution in [2.24, 2.45) is 5.92 Å². The first-order chi connectivity index (χ1) is 13.8. The highest BCUT2D eigenvalue weighted by Crippen LogP contribution is 2.35. The van der Waals surface area contributed by atoms with Crippen molar-refractivity contribution in [3.8, 4) is 5.69 Å². The van der Waals surface area contributed by atoms with Gasteiger partial charge in [0.15, 0.2) is 5.65 Å². The summed E-state index contributed by atoms with van der Waals surface area (Å²) in [4.78, 5) is 12.0. The molecule has 1 atom stereocenters. The Hall–Kier alpha value is -2.11. The topological polar surface area (TPSA) is 54.2 Å². The largest absolute Gasteiger partial charge is 0.393 e. The lowest BCUT2D eigenvalue weighted by atomic mass is 9.92. The van der Waals surface area contributed by atoms with Gasteiger partial charge in [0.2, 0.25) is 0 Å². The van der Waals surface area contributed by atoms with E-state index < -0.39 is 0 Å². The van der Waals surface area contributed by atoms with E-state index in [1.807, 2.05) is 26.0 Å². The Morgan fingerprint density at radius 2 is 1.66 bits per heavy atom. The highest BCUT2D eigenvalue weighted by Gasteiger charge is 2.26. The molecule has 2 aromatic heterocycles. The third-order valence-corrected chi connectivity index (χ3v) is 6.36. The predicted molar refractivity (Wildman–Crippen MR) is 119 cm³/mol. The van der Waals surface area contributed by atoms with E-state index in [9.17, 15) is 5.11 Å². The van der Waals surface area contributed by atoms with Crippen molar-refractivity contribution in [3.63, 3.8) is 0 Å². The molecule has 1 aliphatic rings. The Balaban J connectivity index is 1.84. The quantitative estimate of drug-likeness (QED) is 0.664. The summed E-state index contributed by atoms with van der Waals surface area (Å²) in [5, 5.41) is 11.8. The van der Waals surface area contributed by atoms with Crippen LogP contribution in [0.25, 0.3) is 16.7 Å². The summed E-state index contributed by atoms with van der Waals surface area (Å²) < 4.78 is 2.19. The molecule has 0 spiro atoms. The van der Waals surface area contributed by atoms with Gasteiger partial charge in [-0.2, -0.15) is 0 Å². The summed E-state index contributed by atoms with van der Waals surface area (Å²) in [5.41, 5.74) is 5.49. The summed E-state index contributed by atoms with van der Waals surface area (Å²) in [6, 6.07) is 4.00. The first-order valence-electron chi connectivity index (χ1n) is 10.3. The molecule has 4 rings (SSSR count). The van der Waals surface area contributed by atoms with Crippen LogP contribution < -0.4 is 4.90 Å². The van der Waals surface area contributed by atoms with Crippen LogP contribution in [-0.2, 0) is 0 Å². The number of aromatic nitrogens is 3. The van der Waals surface area contributed by atoms with Gasteiger partial charge in [-0.1, -0.05) is 11.6 Å². The molecule has 5 nitrogen and oxygen atoms in total. The monoisotopic (exact) mass is 412 g/mol. The van der Waals surface area contributed by atoms with Crippen molar-refractivity contribution in [2.75, 3.05) is 18.0 Å². The minimum Gasteiger partial charge on any atom is -0.393 e. The lowest BCUT2D eigenvalue weighted by molar-refractivity contribution is 0.110. The lowest BCUT2D eigenvalue weighted by Gasteiger charge is -2.34. The van der Waals surface area contributed by atoms with Crippen molar-refractivity contribution < 1.29 is 5.11 Å². The summed E-state index contributed by atoms with van der Waals surface area (Å²) in [5.74, 6) is 2.15. The number of halogens is 1. The van der Waals surface area contributed by atoms with Crippen molar-refractivity contribution in [1.29, 1.82) is 0 Å². The zero-order valence-electron chi connectivity index (χ0n) is 17.8. The standard InChI is InChI=1S/C23H29ClN4O/c1-13-10-19(24)11-14(2)21(13)28-12-15(3)20-22(25-17(5)26-23(20)28)27-8-6-18(7-9-27)16(4)29/h10-12,16,18,29H,6-9H2,1-5H3. The van der Waals surface area contributed by atoms with E-state index in [1.165, 1.54) is 5.56 Å². The number of rotatable bonds is 3. The van der Waals surface area contributed by atoms with Gasteiger partial charge in [0, 0.05) is 24.3 Å². The summed E-state index contributed by atoms with van der Waals surface area (Å²) in [6.45, 7) is 12.0. The molecule has 6 heteroatoms. The molecule has 29 heavy (non-hydrogen) atoms. The van der Waals surface area contributed by atoms with Crippen molar-refractivity contribution in [1.82, 2.24) is 14.5 Å². The first kappa shape index (κ1) is 20.2. The Bertz CT molecular complexity index is 1040. The van der Waals surface area contributed by atoms with Crippen LogP contribution in [-0.4, -0.2) is 38.8 Å². The van der Waals surface area contributed by atoms with Gasteiger partial charge < -0.3 is 14.6 Å². The first-order valence-corrected chi connectivity index (χ1v) is 10.7. The van der Waals surface area contributed by atoms with E-state index in [1.54, 1.807) is 0 Å². The average Bonchev–Trinajstić information content (AvgIpc) is 2.96. The van der Waals surface area contributed by atoms with E-state index >= 15 is 0 Å². The Labute approximate surface area is 177 Å². The number of fused-ring (bicyclic) bond motifs is 1. The molecule has 0 radical (unpaired) electrons. The maximum absolute atomic E-state index is 9.94. The molecule has 0 bridgehead atoms. The van der Waals surface area contributed by atoms with Gasteiger partial charge >= 0.3 is 0 Å². The van der Waals surface area contributed by atoms with Crippen LogP contribution in [0, 0.1) is 33.6 Å². The number of piperidine rings is 1. The molecule has 0 aliphatic carbocycles. The summed E-state index contributed by atoms with van der Waals surface area (Å²) >= 11 is 6.26. The number of benzene rings is 1. The minimum atomic E-state index is -0.247. The van der Waals surface area contributed by atoms with Crippen LogP contribution in [0.5, 0.6) is 0 Å². The van der Waals surface area contributed by atoms with Crippen LogP contribution in [0.15, 0.2) is 18.3 Å². The highest BCUT2D eigenvalue weighted by molar-refractivity contribution is 6.30. The van der Waals surface area contributed by atoms with Gasteiger partial charge in [0.05, 0.1) is 17.2 Å². The fourth-order valence-electron chi connectivity index (χ4n) is 4.67. The second-order valence-electron chi connectivity index (χ2n) is 8.43. The van der Waals surface area contributed by atoms with E-state index in [-0.39, 0.29) is 6.10 Å².